The summed E-state index contributed by atoms with van der Waals surface area (Å²) >= 11 is 0. The van der Waals surface area contributed by atoms with E-state index in [2.05, 4.69) is 58.8 Å². The Morgan fingerprint density at radius 1 is 1.28 bits per heavy atom. The van der Waals surface area contributed by atoms with E-state index in [1.54, 1.807) is 42.6 Å². The molecule has 4 heterocycles. The smallest absolute Gasteiger partial charge is 0.302 e. The molecular weight excluding hydrogens is 596 g/mol. The molecule has 250 valence electrons. The molecule has 3 aromatic heterocycles. The molecule has 1 saturated heterocycles. The van der Waals surface area contributed by atoms with Crippen LogP contribution in [0, 0.1) is 17.7 Å². The van der Waals surface area contributed by atoms with Crippen molar-refractivity contribution in [3.8, 4) is 11.1 Å². The van der Waals surface area contributed by atoms with Crippen LogP contribution in [-0.2, 0) is 47.4 Å². The summed E-state index contributed by atoms with van der Waals surface area (Å²) in [7, 11) is 3.68. The van der Waals surface area contributed by atoms with Gasteiger partial charge in [-0.1, -0.05) is 13.8 Å². The van der Waals surface area contributed by atoms with Crippen LogP contribution < -0.4 is 21.1 Å². The van der Waals surface area contributed by atoms with Crippen LogP contribution in [0.25, 0.3) is 11.1 Å². The predicted molar refractivity (Wildman–Crippen MR) is 184 cm³/mol. The maximum Gasteiger partial charge on any atom is 0.302 e. The first-order valence-electron chi connectivity index (χ1n) is 16.0. The number of fused-ring (bicyclic) bond motifs is 1. The van der Waals surface area contributed by atoms with E-state index < -0.39 is 5.97 Å². The number of rotatable bonds is 10. The Kier molecular flexibility index (Phi) is 9.71. The number of aromatic nitrogens is 3. The number of carbonyl (C=O) groups is 2. The minimum atomic E-state index is -0.468. The molecule has 5 rings (SSSR count). The lowest BCUT2D eigenvalue weighted by atomic mass is 9.90. The van der Waals surface area contributed by atoms with Gasteiger partial charge in [-0.05, 0) is 68.5 Å². The third-order valence-electron chi connectivity index (χ3n) is 9.21. The largest absolute Gasteiger partial charge is 0.461 e. The third kappa shape index (κ3) is 7.32. The Morgan fingerprint density at radius 2 is 2.04 bits per heavy atom. The number of aryl methyl sites for hydroxylation is 2. The molecular formula is C35H46N8O4. The topological polar surface area (TPSA) is 138 Å². The number of amidine groups is 1. The van der Waals surface area contributed by atoms with E-state index in [0.29, 0.717) is 35.6 Å². The summed E-state index contributed by atoms with van der Waals surface area (Å²) in [4.78, 5) is 46.0. The second-order valence-electron chi connectivity index (χ2n) is 13.4. The van der Waals surface area contributed by atoms with Gasteiger partial charge in [-0.25, -0.2) is 4.98 Å². The van der Waals surface area contributed by atoms with E-state index in [1.807, 2.05) is 7.05 Å². The van der Waals surface area contributed by atoms with Gasteiger partial charge in [-0.15, -0.1) is 0 Å². The molecule has 1 atom stereocenters. The number of anilines is 2. The van der Waals surface area contributed by atoms with Gasteiger partial charge in [0.25, 0.3) is 5.56 Å². The monoisotopic (exact) mass is 642 g/mol. The molecule has 1 fully saturated rings. The van der Waals surface area contributed by atoms with Crippen LogP contribution in [0.2, 0.25) is 0 Å². The summed E-state index contributed by atoms with van der Waals surface area (Å²) in [5, 5.41) is 14.9. The number of piperazine rings is 1. The highest BCUT2D eigenvalue weighted by Gasteiger charge is 2.32. The Morgan fingerprint density at radius 3 is 2.77 bits per heavy atom. The zero-order valence-corrected chi connectivity index (χ0v) is 28.4. The van der Waals surface area contributed by atoms with Crippen molar-refractivity contribution >= 4 is 29.7 Å². The lowest BCUT2D eigenvalue weighted by Gasteiger charge is -2.33. The standard InChI is InChI=1S/C35H46N8O4/c1-22-14-25-17-35(4,5)18-31(25)43(22)13-12-42(21-44)33-28(20-47-24(3)45)27(8-9-38-33)26-15-30(34(46)41(7)19-26)39-32(36)16-29-23(2)40(6)11-10-37-29/h8-9,14-16,19,21,23,37H,10-13,17-18,20H2,1-7H3,(H2,36,39)/b29-16-. The van der Waals surface area contributed by atoms with Gasteiger partial charge in [0.15, 0.2) is 0 Å². The van der Waals surface area contributed by atoms with E-state index in [0.717, 1.165) is 43.7 Å². The number of hydrogen-bond acceptors (Lipinski definition) is 8. The summed E-state index contributed by atoms with van der Waals surface area (Å²) in [6, 6.07) is 5.80. The zero-order valence-electron chi connectivity index (χ0n) is 28.4. The predicted octanol–water partition coefficient (Wildman–Crippen LogP) is 3.60. The number of carbonyl (C=O) groups excluding carboxylic acids is 2. The lowest BCUT2D eigenvalue weighted by molar-refractivity contribution is -0.142. The van der Waals surface area contributed by atoms with Gasteiger partial charge < -0.3 is 24.5 Å². The zero-order chi connectivity index (χ0) is 34.0. The Balaban J connectivity index is 1.47. The number of ether oxygens (including phenoxy) is 1. The van der Waals surface area contributed by atoms with Crippen LogP contribution in [0.3, 0.4) is 0 Å². The summed E-state index contributed by atoms with van der Waals surface area (Å²) < 4.78 is 9.19. The van der Waals surface area contributed by atoms with Crippen molar-refractivity contribution in [3.05, 3.63) is 75.2 Å². The van der Waals surface area contributed by atoms with Crippen LogP contribution >= 0.6 is 0 Å². The summed E-state index contributed by atoms with van der Waals surface area (Å²) in [6.45, 7) is 12.5. The first kappa shape index (κ1) is 33.6. The molecule has 0 aromatic carbocycles. The van der Waals surface area contributed by atoms with E-state index in [9.17, 15) is 14.4 Å². The Labute approximate surface area is 275 Å². The number of esters is 1. The van der Waals surface area contributed by atoms with Gasteiger partial charge in [0.05, 0.1) is 0 Å². The average molecular weight is 643 g/mol. The summed E-state index contributed by atoms with van der Waals surface area (Å²) in [5.74, 6) is -0.0188. The normalized spacial score (nSPS) is 18.0. The minimum absolute atomic E-state index is 0.0711. The summed E-state index contributed by atoms with van der Waals surface area (Å²) in [6.07, 6.45) is 7.76. The summed E-state index contributed by atoms with van der Waals surface area (Å²) in [5.41, 5.74) is 6.67. The molecule has 3 N–H and O–H groups in total. The van der Waals surface area contributed by atoms with Crippen LogP contribution in [0.1, 0.15) is 50.2 Å². The highest BCUT2D eigenvalue weighted by Crippen LogP contribution is 2.38. The average Bonchev–Trinajstić information content (AvgIpc) is 3.46. The fourth-order valence-corrected chi connectivity index (χ4v) is 6.65. The molecule has 3 aromatic rings. The van der Waals surface area contributed by atoms with Crippen molar-refractivity contribution in [2.75, 3.05) is 36.9 Å². The molecule has 1 amide bonds. The number of amides is 1. The molecule has 0 bridgehead atoms. The molecule has 0 radical (unpaired) electrons. The number of likely N-dealkylation sites (N-methyl/N-ethyl adjacent to an activating group) is 1. The second kappa shape index (κ2) is 13.6. The number of pyridine rings is 2. The first-order chi connectivity index (χ1) is 22.3. The van der Waals surface area contributed by atoms with Crippen molar-refractivity contribution in [3.63, 3.8) is 0 Å². The molecule has 0 saturated carbocycles. The van der Waals surface area contributed by atoms with Gasteiger partial charge in [-0.3, -0.25) is 29.6 Å². The van der Waals surface area contributed by atoms with Gasteiger partial charge in [0.2, 0.25) is 6.41 Å². The second-order valence-corrected chi connectivity index (χ2v) is 13.4. The van der Waals surface area contributed by atoms with Gasteiger partial charge in [-0.2, -0.15) is 0 Å². The van der Waals surface area contributed by atoms with Crippen LogP contribution in [0.4, 0.5) is 11.5 Å². The maximum absolute atomic E-state index is 13.2. The Bertz CT molecular complexity index is 1790. The minimum Gasteiger partial charge on any atom is -0.461 e. The lowest BCUT2D eigenvalue weighted by Crippen LogP contribution is -2.46. The highest BCUT2D eigenvalue weighted by atomic mass is 16.5. The van der Waals surface area contributed by atoms with Crippen molar-refractivity contribution in [2.24, 2.45) is 12.5 Å². The molecule has 0 spiro atoms. The third-order valence-corrected chi connectivity index (χ3v) is 9.21. The van der Waals surface area contributed by atoms with Crippen LogP contribution in [0.5, 0.6) is 0 Å². The van der Waals surface area contributed by atoms with Crippen molar-refractivity contribution in [1.82, 2.24) is 24.3 Å². The van der Waals surface area contributed by atoms with E-state index in [1.165, 1.54) is 22.7 Å². The SMILES string of the molecule is CC(=O)OCc1c(-c2cc(NC(=N)/C=C3\NCCN(C)C3C)c(=O)n(C)c2)ccnc1N(C=O)CCn1c(C)cc2c1CC(C)(C)C2. The molecule has 1 aliphatic carbocycles. The molecule has 47 heavy (non-hydrogen) atoms. The number of nitrogens with zero attached hydrogens (tertiary/aromatic N) is 5. The van der Waals surface area contributed by atoms with Crippen molar-refractivity contribution in [2.45, 2.75) is 66.7 Å². The quantitative estimate of drug-likeness (QED) is 0.132. The molecule has 1 aliphatic heterocycles. The number of nitrogens with one attached hydrogen (secondary N) is 3. The fourth-order valence-electron chi connectivity index (χ4n) is 6.65. The first-order valence-corrected chi connectivity index (χ1v) is 16.0. The van der Waals surface area contributed by atoms with E-state index >= 15 is 0 Å². The molecule has 12 nitrogen and oxygen atoms in total. The van der Waals surface area contributed by atoms with Gasteiger partial charge >= 0.3 is 5.97 Å². The number of hydrogen-bond donors (Lipinski definition) is 3. The van der Waals surface area contributed by atoms with Crippen LogP contribution in [0.15, 0.2) is 47.2 Å². The van der Waals surface area contributed by atoms with Gasteiger partial charge in [0.1, 0.15) is 23.9 Å². The molecule has 1 unspecified atom stereocenters. The van der Waals surface area contributed by atoms with Crippen LogP contribution in [-0.4, -0.2) is 70.0 Å². The van der Waals surface area contributed by atoms with Gasteiger partial charge in [0, 0.05) is 92.9 Å². The molecule has 12 heteroatoms. The highest BCUT2D eigenvalue weighted by molar-refractivity contribution is 6.02. The van der Waals surface area contributed by atoms with E-state index in [-0.39, 0.29) is 35.1 Å². The maximum atomic E-state index is 13.2. The van der Waals surface area contributed by atoms with Crippen molar-refractivity contribution in [1.29, 1.82) is 5.41 Å². The Hall–Kier alpha value is -4.71. The molecule has 2 aliphatic rings. The fraction of sp³-hybridized carbons (Fsp3) is 0.457. The van der Waals surface area contributed by atoms with Crippen molar-refractivity contribution < 1.29 is 14.3 Å². The van der Waals surface area contributed by atoms with E-state index in [4.69, 9.17) is 10.1 Å².